The second-order valence-corrected chi connectivity index (χ2v) is 5.15. The third kappa shape index (κ3) is 4.18. The van der Waals surface area contributed by atoms with Gasteiger partial charge in [-0.2, -0.15) is 5.10 Å². The molecule has 0 aliphatic carbocycles. The van der Waals surface area contributed by atoms with E-state index < -0.39 is 0 Å². The van der Waals surface area contributed by atoms with Gasteiger partial charge in [0.05, 0.1) is 12.3 Å². The van der Waals surface area contributed by atoms with E-state index in [-0.39, 0.29) is 6.61 Å². The third-order valence-corrected chi connectivity index (χ3v) is 3.48. The Morgan fingerprint density at radius 3 is 2.55 bits per heavy atom. The number of aromatic nitrogens is 2. The van der Waals surface area contributed by atoms with E-state index in [1.165, 1.54) is 11.1 Å². The molecule has 4 heteroatoms. The Labute approximate surface area is 120 Å². The molecular formula is C16H23N3O. The molecule has 0 amide bonds. The number of hydrogen-bond acceptors (Lipinski definition) is 3. The Balaban J connectivity index is 1.95. The average Bonchev–Trinajstić information content (AvgIpc) is 2.76. The second-order valence-electron chi connectivity index (χ2n) is 5.15. The second kappa shape index (κ2) is 7.22. The first-order valence-electron chi connectivity index (χ1n) is 7.05. The van der Waals surface area contributed by atoms with Crippen LogP contribution in [0.5, 0.6) is 0 Å². The van der Waals surface area contributed by atoms with E-state index in [1.807, 2.05) is 24.7 Å². The van der Waals surface area contributed by atoms with E-state index >= 15 is 0 Å². The van der Waals surface area contributed by atoms with Crippen LogP contribution in [0.25, 0.3) is 0 Å². The fourth-order valence-corrected chi connectivity index (χ4v) is 2.39. The summed E-state index contributed by atoms with van der Waals surface area (Å²) in [5, 5.41) is 13.6. The number of benzene rings is 1. The molecule has 0 saturated carbocycles. The number of hydrogen-bond donors (Lipinski definition) is 1. The average molecular weight is 273 g/mol. The molecule has 2 rings (SSSR count). The van der Waals surface area contributed by atoms with Crippen LogP contribution in [0.2, 0.25) is 0 Å². The van der Waals surface area contributed by atoms with Gasteiger partial charge in [0.2, 0.25) is 0 Å². The number of aliphatic hydroxyl groups excluding tert-OH is 1. The molecule has 1 N–H and O–H groups in total. The predicted molar refractivity (Wildman–Crippen MR) is 80.5 cm³/mol. The van der Waals surface area contributed by atoms with Crippen LogP contribution in [-0.4, -0.2) is 39.5 Å². The quantitative estimate of drug-likeness (QED) is 0.836. The van der Waals surface area contributed by atoms with E-state index in [4.69, 9.17) is 0 Å². The molecule has 108 valence electrons. The van der Waals surface area contributed by atoms with Crippen molar-refractivity contribution < 1.29 is 5.11 Å². The molecule has 1 aromatic carbocycles. The lowest BCUT2D eigenvalue weighted by molar-refractivity contribution is 0.191. The van der Waals surface area contributed by atoms with Gasteiger partial charge in [0.1, 0.15) is 0 Å². The van der Waals surface area contributed by atoms with Crippen molar-refractivity contribution in [2.24, 2.45) is 7.05 Å². The summed E-state index contributed by atoms with van der Waals surface area (Å²) in [5.41, 5.74) is 3.63. The summed E-state index contributed by atoms with van der Waals surface area (Å²) in [7, 11) is 1.94. The molecular weight excluding hydrogens is 250 g/mol. The van der Waals surface area contributed by atoms with Crippen LogP contribution in [0.1, 0.15) is 16.8 Å². The third-order valence-electron chi connectivity index (χ3n) is 3.48. The van der Waals surface area contributed by atoms with Crippen LogP contribution >= 0.6 is 0 Å². The fraction of sp³-hybridized carbons (Fsp3) is 0.438. The molecule has 0 atom stereocenters. The number of aryl methyl sites for hydroxylation is 2. The van der Waals surface area contributed by atoms with Gasteiger partial charge in [-0.3, -0.25) is 9.58 Å². The van der Waals surface area contributed by atoms with Crippen molar-refractivity contribution >= 4 is 0 Å². The summed E-state index contributed by atoms with van der Waals surface area (Å²) in [6.45, 7) is 4.70. The van der Waals surface area contributed by atoms with Gasteiger partial charge < -0.3 is 5.11 Å². The largest absolute Gasteiger partial charge is 0.395 e. The maximum absolute atomic E-state index is 9.22. The van der Waals surface area contributed by atoms with Crippen LogP contribution in [0.3, 0.4) is 0 Å². The molecule has 4 nitrogen and oxygen atoms in total. The highest BCUT2D eigenvalue weighted by molar-refractivity contribution is 5.16. The van der Waals surface area contributed by atoms with Crippen molar-refractivity contribution in [3.63, 3.8) is 0 Å². The van der Waals surface area contributed by atoms with E-state index in [2.05, 4.69) is 40.5 Å². The zero-order valence-electron chi connectivity index (χ0n) is 12.3. The Bertz CT molecular complexity index is 522. The highest BCUT2D eigenvalue weighted by atomic mass is 16.3. The monoisotopic (exact) mass is 273 g/mol. The lowest BCUT2D eigenvalue weighted by atomic mass is 10.1. The van der Waals surface area contributed by atoms with Gasteiger partial charge in [-0.15, -0.1) is 0 Å². The molecule has 1 aromatic heterocycles. The smallest absolute Gasteiger partial charge is 0.0638 e. The minimum Gasteiger partial charge on any atom is -0.395 e. The molecule has 0 bridgehead atoms. The van der Waals surface area contributed by atoms with Crippen molar-refractivity contribution in [2.75, 3.05) is 19.7 Å². The van der Waals surface area contributed by atoms with Crippen LogP contribution in [0, 0.1) is 6.92 Å². The topological polar surface area (TPSA) is 41.3 Å². The molecule has 0 aliphatic rings. The zero-order chi connectivity index (χ0) is 14.4. The fourth-order valence-electron chi connectivity index (χ4n) is 2.39. The SMILES string of the molecule is Cc1nn(C)cc1CN(CCO)CCc1ccccc1. The van der Waals surface area contributed by atoms with Crippen molar-refractivity contribution in [1.29, 1.82) is 0 Å². The van der Waals surface area contributed by atoms with Gasteiger partial charge in [-0.25, -0.2) is 0 Å². The molecule has 0 unspecified atom stereocenters. The molecule has 20 heavy (non-hydrogen) atoms. The van der Waals surface area contributed by atoms with Gasteiger partial charge in [0.25, 0.3) is 0 Å². The van der Waals surface area contributed by atoms with Crippen LogP contribution in [-0.2, 0) is 20.0 Å². The molecule has 2 aromatic rings. The standard InChI is InChI=1S/C16H23N3O/c1-14-16(12-18(2)17-14)13-19(10-11-20)9-8-15-6-4-3-5-7-15/h3-7,12,20H,8-11,13H2,1-2H3. The van der Waals surface area contributed by atoms with Gasteiger partial charge >= 0.3 is 0 Å². The Morgan fingerprint density at radius 2 is 1.95 bits per heavy atom. The van der Waals surface area contributed by atoms with E-state index in [0.29, 0.717) is 6.54 Å². The van der Waals surface area contributed by atoms with E-state index in [9.17, 15) is 5.11 Å². The first kappa shape index (κ1) is 14.8. The van der Waals surface area contributed by atoms with Crippen LogP contribution < -0.4 is 0 Å². The molecule has 0 aliphatic heterocycles. The number of aliphatic hydroxyl groups is 1. The zero-order valence-corrected chi connectivity index (χ0v) is 12.3. The lowest BCUT2D eigenvalue weighted by Crippen LogP contribution is -2.28. The lowest BCUT2D eigenvalue weighted by Gasteiger charge is -2.21. The summed E-state index contributed by atoms with van der Waals surface area (Å²) in [4.78, 5) is 2.27. The Morgan fingerprint density at radius 1 is 1.20 bits per heavy atom. The maximum atomic E-state index is 9.22. The van der Waals surface area contributed by atoms with Crippen LogP contribution in [0.15, 0.2) is 36.5 Å². The van der Waals surface area contributed by atoms with Crippen molar-refractivity contribution in [3.8, 4) is 0 Å². The first-order chi connectivity index (χ1) is 9.69. The molecule has 0 fully saturated rings. The summed E-state index contributed by atoms with van der Waals surface area (Å²) < 4.78 is 1.85. The highest BCUT2D eigenvalue weighted by Gasteiger charge is 2.10. The summed E-state index contributed by atoms with van der Waals surface area (Å²) in [6.07, 6.45) is 3.06. The van der Waals surface area contributed by atoms with E-state index in [1.54, 1.807) is 0 Å². The van der Waals surface area contributed by atoms with Crippen molar-refractivity contribution in [1.82, 2.24) is 14.7 Å². The normalized spacial score (nSPS) is 11.2. The Hall–Kier alpha value is -1.65. The molecule has 0 spiro atoms. The van der Waals surface area contributed by atoms with Gasteiger partial charge in [-0.05, 0) is 18.9 Å². The maximum Gasteiger partial charge on any atom is 0.0638 e. The molecule has 0 radical (unpaired) electrons. The summed E-state index contributed by atoms with van der Waals surface area (Å²) in [6, 6.07) is 10.5. The number of rotatable bonds is 7. The molecule has 0 saturated heterocycles. The van der Waals surface area contributed by atoms with Crippen molar-refractivity contribution in [2.45, 2.75) is 19.9 Å². The minimum absolute atomic E-state index is 0.189. The molecule has 1 heterocycles. The van der Waals surface area contributed by atoms with Crippen LogP contribution in [0.4, 0.5) is 0 Å². The summed E-state index contributed by atoms with van der Waals surface area (Å²) in [5.74, 6) is 0. The van der Waals surface area contributed by atoms with Crippen molar-refractivity contribution in [3.05, 3.63) is 53.3 Å². The Kier molecular flexibility index (Phi) is 5.32. The van der Waals surface area contributed by atoms with Gasteiger partial charge in [0.15, 0.2) is 0 Å². The van der Waals surface area contributed by atoms with Gasteiger partial charge in [-0.1, -0.05) is 30.3 Å². The number of nitrogens with zero attached hydrogens (tertiary/aromatic N) is 3. The summed E-state index contributed by atoms with van der Waals surface area (Å²) >= 11 is 0. The predicted octanol–water partition coefficient (Wildman–Crippen LogP) is 1.77. The first-order valence-corrected chi connectivity index (χ1v) is 7.05. The minimum atomic E-state index is 0.189. The van der Waals surface area contributed by atoms with E-state index in [0.717, 1.165) is 25.2 Å². The highest BCUT2D eigenvalue weighted by Crippen LogP contribution is 2.10. The van der Waals surface area contributed by atoms with Gasteiger partial charge in [0, 0.05) is 38.4 Å².